The lowest BCUT2D eigenvalue weighted by atomic mass is 9.83. The summed E-state index contributed by atoms with van der Waals surface area (Å²) in [7, 11) is 0. The molecule has 1 aromatic heterocycles. The minimum absolute atomic E-state index is 0.0157. The Morgan fingerprint density at radius 3 is 1.81 bits per heavy atom. The third kappa shape index (κ3) is 43.7. The fourth-order valence-corrected chi connectivity index (χ4v) is 17.0. The van der Waals surface area contributed by atoms with Crippen LogP contribution < -0.4 is 75.3 Å². The van der Waals surface area contributed by atoms with Crippen LogP contribution >= 0.6 is 0 Å². The zero-order chi connectivity index (χ0) is 105. The first-order chi connectivity index (χ1) is 65.9. The highest BCUT2D eigenvalue weighted by atomic mass is 16.4. The van der Waals surface area contributed by atoms with Gasteiger partial charge in [-0.25, -0.2) is 4.98 Å². The van der Waals surface area contributed by atoms with Crippen molar-refractivity contribution in [3.8, 4) is 5.75 Å². The van der Waals surface area contributed by atoms with E-state index in [-0.39, 0.29) is 139 Å². The summed E-state index contributed by atoms with van der Waals surface area (Å²) in [6.45, 7) is 20.8. The van der Waals surface area contributed by atoms with Crippen LogP contribution in [0.5, 0.6) is 5.75 Å². The second kappa shape index (κ2) is 61.0. The molecule has 43 heteroatoms. The van der Waals surface area contributed by atoms with Gasteiger partial charge in [0.25, 0.3) is 0 Å². The lowest BCUT2D eigenvalue weighted by Crippen LogP contribution is -2.54. The lowest BCUT2D eigenvalue weighted by Gasteiger charge is -2.30. The molecule has 0 aliphatic carbocycles. The van der Waals surface area contributed by atoms with Crippen LogP contribution in [0.1, 0.15) is 255 Å². The molecule has 43 nitrogen and oxygen atoms in total. The molecule has 0 radical (unpaired) electrons. The van der Waals surface area contributed by atoms with E-state index in [2.05, 4.69) is 73.8 Å². The number of nitrogens with one attached hydrogen (secondary N) is 14. The first-order valence-electron chi connectivity index (χ1n) is 48.6. The predicted molar refractivity (Wildman–Crippen MR) is 511 cm³/mol. The summed E-state index contributed by atoms with van der Waals surface area (Å²) in [5.41, 5.74) is 11.9. The van der Waals surface area contributed by atoms with Crippen molar-refractivity contribution in [2.75, 3.05) is 39.3 Å². The van der Waals surface area contributed by atoms with Crippen molar-refractivity contribution in [3.05, 3.63) is 48.0 Å². The van der Waals surface area contributed by atoms with Gasteiger partial charge in [-0.15, -0.1) is 0 Å². The van der Waals surface area contributed by atoms with Crippen molar-refractivity contribution in [3.63, 3.8) is 0 Å². The number of guanidine groups is 1. The van der Waals surface area contributed by atoms with Gasteiger partial charge in [-0.2, -0.15) is 0 Å². The van der Waals surface area contributed by atoms with E-state index in [4.69, 9.17) is 16.9 Å². The van der Waals surface area contributed by atoms with Crippen LogP contribution in [0.4, 0.5) is 0 Å². The minimum Gasteiger partial charge on any atom is -0.508 e. The van der Waals surface area contributed by atoms with Gasteiger partial charge in [-0.05, 0) is 138 Å². The molecule has 1 aromatic carbocycles. The molecule has 4 rings (SSSR count). The summed E-state index contributed by atoms with van der Waals surface area (Å²) in [5, 5.41) is 69.6. The summed E-state index contributed by atoms with van der Waals surface area (Å²) in [5.74, 6) is -30.1. The van der Waals surface area contributed by atoms with Crippen LogP contribution in [-0.2, 0) is 118 Å². The Balaban J connectivity index is 1.74. The number of aromatic amines is 1. The van der Waals surface area contributed by atoms with Crippen LogP contribution in [0.15, 0.2) is 36.8 Å². The Morgan fingerprint density at radius 2 is 1.21 bits per heavy atom. The topological polar surface area (TPSA) is 688 Å². The Morgan fingerprint density at radius 1 is 0.579 bits per heavy atom. The fraction of sp³-hybridized carbons (Fsp3) is 0.670. The Kier molecular flexibility index (Phi) is 52.0. The number of aliphatic carboxylic acids is 2. The molecule has 0 spiro atoms. The summed E-state index contributed by atoms with van der Waals surface area (Å²) < 4.78 is 0. The summed E-state index contributed by atoms with van der Waals surface area (Å²) in [6, 6.07) is -5.75. The minimum atomic E-state index is -1.80. The highest BCUT2D eigenvalue weighted by Crippen LogP contribution is 2.30. The van der Waals surface area contributed by atoms with Crippen molar-refractivity contribution in [1.29, 1.82) is 5.41 Å². The Labute approximate surface area is 817 Å². The van der Waals surface area contributed by atoms with E-state index in [0.29, 0.717) is 18.5 Å². The number of phenolic OH excluding ortho intramolecular Hbond substituents is 1. The zero-order valence-corrected chi connectivity index (χ0v) is 83.0. The fourth-order valence-electron chi connectivity index (χ4n) is 17.0. The first-order valence-corrected chi connectivity index (χ1v) is 48.6. The van der Waals surface area contributed by atoms with E-state index < -0.39 is 320 Å². The summed E-state index contributed by atoms with van der Waals surface area (Å²) in [6.07, 6.45) is -5.52. The maximum absolute atomic E-state index is 15.2. The van der Waals surface area contributed by atoms with E-state index in [0.717, 1.165) is 0 Å². The number of ketones is 7. The van der Waals surface area contributed by atoms with Gasteiger partial charge in [0.2, 0.25) is 76.8 Å². The molecule has 3 heterocycles. The molecule has 778 valence electrons. The number of phenols is 1. The lowest BCUT2D eigenvalue weighted by molar-refractivity contribution is -0.143. The van der Waals surface area contributed by atoms with Gasteiger partial charge in [0.05, 0.1) is 92.1 Å². The second-order valence-corrected chi connectivity index (χ2v) is 38.5. The molecule has 140 heavy (non-hydrogen) atoms. The number of imidazole rings is 1. The number of carbonyl (C=O) groups excluding carboxylic acids is 20. The number of likely N-dealkylation sites (tertiary alicyclic amines) is 1. The maximum atomic E-state index is 15.2. The number of benzene rings is 1. The van der Waals surface area contributed by atoms with Gasteiger partial charge in [-0.1, -0.05) is 87.8 Å². The number of carboxylic acids is 2. The predicted octanol–water partition coefficient (Wildman–Crippen LogP) is 2.12. The smallest absolute Gasteiger partial charge is 0.304 e. The normalized spacial score (nSPS) is 19.1. The van der Waals surface area contributed by atoms with E-state index >= 15 is 24.0 Å². The van der Waals surface area contributed by atoms with Crippen molar-refractivity contribution in [2.24, 2.45) is 82.5 Å². The number of hydrogen-bond donors (Lipinski definition) is 19. The third-order valence-electron chi connectivity index (χ3n) is 25.0. The van der Waals surface area contributed by atoms with E-state index in [1.54, 1.807) is 62.3 Å². The zero-order valence-electron chi connectivity index (χ0n) is 83.0. The van der Waals surface area contributed by atoms with Crippen molar-refractivity contribution < 1.29 is 121 Å². The van der Waals surface area contributed by atoms with Gasteiger partial charge in [0, 0.05) is 140 Å². The molecule has 16 atom stereocenters. The monoisotopic (exact) mass is 1970 g/mol. The molecule has 2 fully saturated rings. The number of Topliss-reactive ketones (excluding diaryl/α,β-unsaturated/α-hetero) is 7. The number of aromatic hydroxyl groups is 1. The molecular weight excluding hydrogens is 1820 g/mol. The molecule has 13 amide bonds. The van der Waals surface area contributed by atoms with Crippen molar-refractivity contribution in [1.82, 2.24) is 78.7 Å². The number of nitrogens with zero attached hydrogens (tertiary/aromatic N) is 2. The highest BCUT2D eigenvalue weighted by Gasteiger charge is 2.44. The second-order valence-electron chi connectivity index (χ2n) is 38.5. The number of rotatable bonds is 56. The van der Waals surface area contributed by atoms with Gasteiger partial charge in [0.15, 0.2) is 46.4 Å². The standard InChI is InChI=1S/C97H150N18O25/c1-14-56(11)68-46-81(123)73(113-91(135)61(26-30-87(129)130)40-82(124)75-22-19-33-115(75)96(140)74(37-59-23-27-66(117)28-24-59)109-86(128)50-106-85(127)49-105-58(13)116)47-84(126)103-31-17-16-20-69(111-92(136)63(38-65-48-101-51-107-65)42-79(121)72(36-54(7)8)114-95(68)139)77(119)43-64(44-88(131)132)93(137)112-71(35-53(5)6)78(120)39-60(25-29-83(98)125)90(134)110-70(21-18-32-104-97(99)100)80(122)45-67(55(9)10)94(138)108-57(12)76(118)41-62(34-52(3)4)89(133)102-15-2/h23-24,27-28,48,51-57,60-64,67-75,117H,14-22,25-26,29-47,49-50H2,1-13H3,(H2,98,125)(H,101,107)(H,102,133)(H,103,126)(H,105,116)(H,106,127)(H,108,138)(H,109,128)(H,110,134)(H,111,136)(H,112,137)(H,113,135)(H,114,139)(H,129,130)(H,131,132)(H4,99,100,104)/t56-,57?,60?,61?,62?,63+,64?,67?,68?,69-,70?,71?,72-,73?,74?,75-/m0/s1. The molecule has 11 unspecified atom stereocenters. The summed E-state index contributed by atoms with van der Waals surface area (Å²) in [4.78, 5) is 318. The van der Waals surface area contributed by atoms with E-state index in [9.17, 15) is 96.8 Å². The average molecular weight is 1970 g/mol. The van der Waals surface area contributed by atoms with Crippen LogP contribution in [0.3, 0.4) is 0 Å². The molecule has 21 N–H and O–H groups in total. The molecule has 0 saturated carbocycles. The number of carbonyl (C=O) groups is 22. The molecule has 0 bridgehead atoms. The third-order valence-corrected chi connectivity index (χ3v) is 25.0. The SMILES string of the molecule is CCNC(=O)C(CC(=O)C(C)NC(=O)C(CC(=O)C(CCCNC(=N)N)NC(=O)C(CCC(N)=O)CC(=O)C(CC(C)C)NC(=O)C(CC(=O)O)CC(=O)[C@@H]1CCCCNC(=O)CC(NC(=O)C(CCC(=O)O)CC(=O)[C@@H]2CCCN2C(=O)C(Cc2ccc(O)cc2)NC(=O)CNC(=O)CNC(C)=O)C(=O)CC([C@@H](C)CC)C(=O)N[C@@H](CC(C)C)C(=O)C[C@@H](Cc2c[nH]cn2)C(=O)N1)C(C)C)CC(C)C. The first kappa shape index (κ1) is 120. The number of nitrogens with two attached hydrogens (primary N) is 2. The van der Waals surface area contributed by atoms with E-state index in [1.165, 1.54) is 55.5 Å². The van der Waals surface area contributed by atoms with Gasteiger partial charge < -0.3 is 100 Å². The molecule has 2 aliphatic heterocycles. The van der Waals surface area contributed by atoms with Crippen molar-refractivity contribution >= 4 is 135 Å². The van der Waals surface area contributed by atoms with Gasteiger partial charge >= 0.3 is 11.9 Å². The van der Waals surface area contributed by atoms with Crippen molar-refractivity contribution in [2.45, 2.75) is 305 Å². The molecular formula is C97H150N18O25. The number of carboxylic acid groups (broad SMARTS) is 2. The van der Waals surface area contributed by atoms with Crippen LogP contribution in [0.25, 0.3) is 0 Å². The number of aromatic nitrogens is 2. The highest BCUT2D eigenvalue weighted by molar-refractivity contribution is 6.02. The Bertz CT molecular complexity index is 4620. The van der Waals surface area contributed by atoms with Gasteiger partial charge in [-0.3, -0.25) is 111 Å². The number of H-pyrrole nitrogens is 1. The number of primary amides is 1. The van der Waals surface area contributed by atoms with Crippen LogP contribution in [0.2, 0.25) is 0 Å². The van der Waals surface area contributed by atoms with Crippen LogP contribution in [-0.4, -0.2) is 253 Å². The quantitative estimate of drug-likeness (QED) is 0.0256. The summed E-state index contributed by atoms with van der Waals surface area (Å²) >= 11 is 0. The molecule has 2 saturated heterocycles. The van der Waals surface area contributed by atoms with E-state index in [1.807, 2.05) is 13.8 Å². The largest absolute Gasteiger partial charge is 0.508 e. The van der Waals surface area contributed by atoms with Crippen LogP contribution in [0, 0.1) is 76.4 Å². The number of amides is 13. The number of hydrogen-bond acceptors (Lipinski definition) is 25. The Hall–Kier alpha value is -12.8. The maximum Gasteiger partial charge on any atom is 0.304 e. The average Bonchev–Trinajstić information content (AvgIpc) is 1.65. The molecule has 2 aromatic rings. The molecule has 2 aliphatic rings. The van der Waals surface area contributed by atoms with Gasteiger partial charge in [0.1, 0.15) is 11.8 Å².